The van der Waals surface area contributed by atoms with Crippen molar-refractivity contribution in [2.45, 2.75) is 65.0 Å². The molecule has 17 heavy (non-hydrogen) atoms. The summed E-state index contributed by atoms with van der Waals surface area (Å²) in [6.07, 6.45) is 11.7. The van der Waals surface area contributed by atoms with Crippen LogP contribution in [0.4, 0.5) is 0 Å². The lowest BCUT2D eigenvalue weighted by atomic mass is 9.69. The lowest BCUT2D eigenvalue weighted by molar-refractivity contribution is 0.169. The summed E-state index contributed by atoms with van der Waals surface area (Å²) in [6.45, 7) is 5.41. The van der Waals surface area contributed by atoms with Crippen LogP contribution in [0, 0.1) is 5.41 Å². The predicted octanol–water partition coefficient (Wildman–Crippen LogP) is 2.74. The summed E-state index contributed by atoms with van der Waals surface area (Å²) in [4.78, 5) is 0. The van der Waals surface area contributed by atoms with E-state index >= 15 is 0 Å². The Kier molecular flexibility index (Phi) is 3.87. The molecule has 3 nitrogen and oxygen atoms in total. The average molecular weight is 235 g/mol. The Bertz CT molecular complexity index is 350. The van der Waals surface area contributed by atoms with Gasteiger partial charge in [-0.15, -0.1) is 0 Å². The number of aromatic nitrogens is 2. The highest BCUT2D eigenvalue weighted by molar-refractivity contribution is 5.08. The third-order valence-electron chi connectivity index (χ3n) is 4.36. The standard InChI is InChI=1S/C14H25N3/c1-3-17-11-12(10-16-17)9-13(15)14(2)7-5-4-6-8-14/h10-11,13H,3-9,15H2,1-2H3. The molecule has 0 radical (unpaired) electrons. The van der Waals surface area contributed by atoms with Gasteiger partial charge in [0.05, 0.1) is 6.20 Å². The average Bonchev–Trinajstić information content (AvgIpc) is 2.78. The third kappa shape index (κ3) is 2.89. The van der Waals surface area contributed by atoms with E-state index in [-0.39, 0.29) is 6.04 Å². The van der Waals surface area contributed by atoms with E-state index in [2.05, 4.69) is 25.1 Å². The van der Waals surface area contributed by atoms with E-state index in [0.29, 0.717) is 5.41 Å². The second-order valence-electron chi connectivity index (χ2n) is 5.73. The maximum absolute atomic E-state index is 6.43. The van der Waals surface area contributed by atoms with Crippen LogP contribution in [0.2, 0.25) is 0 Å². The van der Waals surface area contributed by atoms with Gasteiger partial charge in [-0.2, -0.15) is 5.10 Å². The van der Waals surface area contributed by atoms with Crippen molar-refractivity contribution in [2.75, 3.05) is 0 Å². The molecule has 2 N–H and O–H groups in total. The largest absolute Gasteiger partial charge is 0.327 e. The van der Waals surface area contributed by atoms with E-state index in [1.165, 1.54) is 37.7 Å². The molecule has 0 amide bonds. The first-order chi connectivity index (χ1) is 8.14. The van der Waals surface area contributed by atoms with Crippen LogP contribution in [-0.2, 0) is 13.0 Å². The van der Waals surface area contributed by atoms with Crippen LogP contribution in [0.25, 0.3) is 0 Å². The first-order valence-corrected chi connectivity index (χ1v) is 6.91. The van der Waals surface area contributed by atoms with Crippen LogP contribution >= 0.6 is 0 Å². The van der Waals surface area contributed by atoms with Crippen molar-refractivity contribution < 1.29 is 0 Å². The second-order valence-corrected chi connectivity index (χ2v) is 5.73. The first kappa shape index (κ1) is 12.6. The second kappa shape index (κ2) is 5.21. The van der Waals surface area contributed by atoms with Crippen molar-refractivity contribution in [2.24, 2.45) is 11.1 Å². The lowest BCUT2D eigenvalue weighted by Gasteiger charge is -2.38. The number of nitrogens with two attached hydrogens (primary N) is 1. The Hall–Kier alpha value is -0.830. The maximum Gasteiger partial charge on any atom is 0.0522 e. The highest BCUT2D eigenvalue weighted by Gasteiger charge is 2.33. The molecule has 96 valence electrons. The zero-order valence-electron chi connectivity index (χ0n) is 11.2. The van der Waals surface area contributed by atoms with E-state index in [1.54, 1.807) is 0 Å². The summed E-state index contributed by atoms with van der Waals surface area (Å²) >= 11 is 0. The zero-order valence-corrected chi connectivity index (χ0v) is 11.2. The molecule has 0 aliphatic heterocycles. The molecule has 2 rings (SSSR count). The molecule has 1 aromatic heterocycles. The molecule has 1 unspecified atom stereocenters. The van der Waals surface area contributed by atoms with Crippen molar-refractivity contribution in [1.82, 2.24) is 9.78 Å². The van der Waals surface area contributed by atoms with Gasteiger partial charge in [-0.05, 0) is 37.2 Å². The number of hydrogen-bond donors (Lipinski definition) is 1. The van der Waals surface area contributed by atoms with E-state index < -0.39 is 0 Å². The van der Waals surface area contributed by atoms with Crippen molar-refractivity contribution in [3.8, 4) is 0 Å². The predicted molar refractivity (Wildman–Crippen MR) is 70.8 cm³/mol. The summed E-state index contributed by atoms with van der Waals surface area (Å²) in [5, 5.41) is 4.32. The molecule has 0 spiro atoms. The molecule has 1 aliphatic rings. The van der Waals surface area contributed by atoms with Crippen LogP contribution in [0.1, 0.15) is 51.5 Å². The SMILES string of the molecule is CCn1cc(CC(N)C2(C)CCCCC2)cn1. The summed E-state index contributed by atoms with van der Waals surface area (Å²) in [5.41, 5.74) is 8.05. The molecule has 0 saturated heterocycles. The summed E-state index contributed by atoms with van der Waals surface area (Å²) in [5.74, 6) is 0. The minimum atomic E-state index is 0.275. The Morgan fingerprint density at radius 2 is 2.12 bits per heavy atom. The molecule has 1 aromatic rings. The smallest absolute Gasteiger partial charge is 0.0522 e. The quantitative estimate of drug-likeness (QED) is 0.872. The Balaban J connectivity index is 1.97. The summed E-state index contributed by atoms with van der Waals surface area (Å²) in [6, 6.07) is 0.275. The molecular formula is C14H25N3. The fourth-order valence-electron chi connectivity index (χ4n) is 2.92. The van der Waals surface area contributed by atoms with Gasteiger partial charge in [-0.1, -0.05) is 26.2 Å². The third-order valence-corrected chi connectivity index (χ3v) is 4.36. The summed E-state index contributed by atoms with van der Waals surface area (Å²) in [7, 11) is 0. The number of rotatable bonds is 4. The first-order valence-electron chi connectivity index (χ1n) is 6.91. The molecule has 1 saturated carbocycles. The molecule has 0 aromatic carbocycles. The highest BCUT2D eigenvalue weighted by atomic mass is 15.3. The van der Waals surface area contributed by atoms with E-state index in [1.807, 2.05) is 10.9 Å². The molecule has 1 fully saturated rings. The van der Waals surface area contributed by atoms with E-state index in [0.717, 1.165) is 13.0 Å². The van der Waals surface area contributed by atoms with Gasteiger partial charge in [-0.3, -0.25) is 4.68 Å². The Morgan fingerprint density at radius 1 is 1.41 bits per heavy atom. The maximum atomic E-state index is 6.43. The Morgan fingerprint density at radius 3 is 2.71 bits per heavy atom. The minimum Gasteiger partial charge on any atom is -0.327 e. The van der Waals surface area contributed by atoms with Crippen molar-refractivity contribution in [3.63, 3.8) is 0 Å². The summed E-state index contributed by atoms with van der Waals surface area (Å²) < 4.78 is 1.98. The van der Waals surface area contributed by atoms with Crippen LogP contribution < -0.4 is 5.73 Å². The fraction of sp³-hybridized carbons (Fsp3) is 0.786. The van der Waals surface area contributed by atoms with Crippen LogP contribution in [-0.4, -0.2) is 15.8 Å². The van der Waals surface area contributed by atoms with Crippen LogP contribution in [0.5, 0.6) is 0 Å². The topological polar surface area (TPSA) is 43.8 Å². The van der Waals surface area contributed by atoms with Crippen molar-refractivity contribution in [1.29, 1.82) is 0 Å². The van der Waals surface area contributed by atoms with Gasteiger partial charge < -0.3 is 5.73 Å². The number of aryl methyl sites for hydroxylation is 1. The van der Waals surface area contributed by atoms with Gasteiger partial charge in [0.25, 0.3) is 0 Å². The molecule has 0 bridgehead atoms. The van der Waals surface area contributed by atoms with E-state index in [4.69, 9.17) is 5.73 Å². The van der Waals surface area contributed by atoms with Gasteiger partial charge in [0, 0.05) is 18.8 Å². The number of nitrogens with zero attached hydrogens (tertiary/aromatic N) is 2. The molecular weight excluding hydrogens is 210 g/mol. The van der Waals surface area contributed by atoms with Gasteiger partial charge in [0.15, 0.2) is 0 Å². The molecule has 3 heteroatoms. The van der Waals surface area contributed by atoms with E-state index in [9.17, 15) is 0 Å². The molecule has 1 atom stereocenters. The van der Waals surface area contributed by atoms with Gasteiger partial charge in [0.1, 0.15) is 0 Å². The van der Waals surface area contributed by atoms with Gasteiger partial charge in [-0.25, -0.2) is 0 Å². The van der Waals surface area contributed by atoms with Gasteiger partial charge in [0.2, 0.25) is 0 Å². The number of hydrogen-bond acceptors (Lipinski definition) is 2. The van der Waals surface area contributed by atoms with Crippen LogP contribution in [0.15, 0.2) is 12.4 Å². The zero-order chi connectivity index (χ0) is 12.3. The highest BCUT2D eigenvalue weighted by Crippen LogP contribution is 2.38. The van der Waals surface area contributed by atoms with Crippen molar-refractivity contribution in [3.05, 3.63) is 18.0 Å². The van der Waals surface area contributed by atoms with Crippen molar-refractivity contribution >= 4 is 0 Å². The Labute approximate surface area is 104 Å². The fourth-order valence-corrected chi connectivity index (χ4v) is 2.92. The molecule has 1 heterocycles. The monoisotopic (exact) mass is 235 g/mol. The molecule has 1 aliphatic carbocycles. The minimum absolute atomic E-state index is 0.275. The van der Waals surface area contributed by atoms with Crippen LogP contribution in [0.3, 0.4) is 0 Å². The normalized spacial score (nSPS) is 21.4. The lowest BCUT2D eigenvalue weighted by Crippen LogP contribution is -2.42. The van der Waals surface area contributed by atoms with Gasteiger partial charge >= 0.3 is 0 Å².